The fourth-order valence-electron chi connectivity index (χ4n) is 1.41. The summed E-state index contributed by atoms with van der Waals surface area (Å²) in [5.41, 5.74) is -0.954. The summed E-state index contributed by atoms with van der Waals surface area (Å²) in [6.07, 6.45) is 5.56. The van der Waals surface area contributed by atoms with Crippen molar-refractivity contribution in [2.45, 2.75) is 51.2 Å². The fraction of sp³-hybridized carbons (Fsp3) is 0.818. The average molecular weight is 202 g/mol. The molecule has 0 amide bonds. The summed E-state index contributed by atoms with van der Waals surface area (Å²) in [6.45, 7) is 3.53. The smallest absolute Gasteiger partial charge is 0.0666 e. The molecule has 0 rings (SSSR count). The second-order valence-electron chi connectivity index (χ2n) is 3.97. The molecule has 0 spiro atoms. The molecule has 14 heavy (non-hydrogen) atoms. The van der Waals surface area contributed by atoms with Crippen LogP contribution < -0.4 is 0 Å². The highest BCUT2D eigenvalue weighted by Crippen LogP contribution is 2.18. The van der Waals surface area contributed by atoms with Gasteiger partial charge < -0.3 is 15.3 Å². The van der Waals surface area contributed by atoms with Gasteiger partial charge in [-0.3, -0.25) is 0 Å². The first-order valence-corrected chi connectivity index (χ1v) is 5.14. The van der Waals surface area contributed by atoms with Crippen LogP contribution >= 0.6 is 0 Å². The maximum atomic E-state index is 9.70. The van der Waals surface area contributed by atoms with Crippen molar-refractivity contribution < 1.29 is 15.3 Å². The van der Waals surface area contributed by atoms with Crippen molar-refractivity contribution in [1.29, 1.82) is 0 Å². The Balaban J connectivity index is 3.74. The number of aliphatic hydroxyl groups is 3. The van der Waals surface area contributed by atoms with E-state index in [1.807, 2.05) is 19.1 Å². The summed E-state index contributed by atoms with van der Waals surface area (Å²) in [5, 5.41) is 27.9. The van der Waals surface area contributed by atoms with Gasteiger partial charge in [-0.25, -0.2) is 0 Å². The Morgan fingerprint density at radius 2 is 2.07 bits per heavy atom. The Morgan fingerprint density at radius 3 is 2.57 bits per heavy atom. The van der Waals surface area contributed by atoms with E-state index in [1.165, 1.54) is 0 Å². The molecule has 2 atom stereocenters. The van der Waals surface area contributed by atoms with Crippen molar-refractivity contribution in [1.82, 2.24) is 0 Å². The second kappa shape index (κ2) is 6.98. The maximum absolute atomic E-state index is 9.70. The molecule has 84 valence electrons. The molecule has 0 aromatic rings. The van der Waals surface area contributed by atoms with E-state index in [0.29, 0.717) is 19.3 Å². The van der Waals surface area contributed by atoms with Crippen LogP contribution in [0, 0.1) is 0 Å². The minimum absolute atomic E-state index is 0.0470. The van der Waals surface area contributed by atoms with Crippen molar-refractivity contribution >= 4 is 0 Å². The largest absolute Gasteiger partial charge is 0.396 e. The van der Waals surface area contributed by atoms with Crippen LogP contribution in [0.15, 0.2) is 12.2 Å². The number of allylic oxidation sites excluding steroid dienone is 2. The lowest BCUT2D eigenvalue weighted by molar-refractivity contribution is -0.0145. The minimum Gasteiger partial charge on any atom is -0.396 e. The van der Waals surface area contributed by atoms with Crippen LogP contribution in [-0.2, 0) is 0 Å². The molecule has 3 nitrogen and oxygen atoms in total. The first-order valence-electron chi connectivity index (χ1n) is 5.14. The van der Waals surface area contributed by atoms with E-state index in [2.05, 4.69) is 0 Å². The lowest BCUT2D eigenvalue weighted by Gasteiger charge is -2.25. The quantitative estimate of drug-likeness (QED) is 0.544. The molecular weight excluding hydrogens is 180 g/mol. The zero-order valence-corrected chi connectivity index (χ0v) is 9.11. The molecule has 0 aliphatic rings. The van der Waals surface area contributed by atoms with E-state index in [9.17, 15) is 10.2 Å². The van der Waals surface area contributed by atoms with Gasteiger partial charge in [0.1, 0.15) is 0 Å². The molecule has 0 radical (unpaired) electrons. The lowest BCUT2D eigenvalue weighted by Crippen LogP contribution is -2.31. The third kappa shape index (κ3) is 7.06. The zero-order valence-electron chi connectivity index (χ0n) is 9.11. The number of hydrogen-bond acceptors (Lipinski definition) is 3. The summed E-state index contributed by atoms with van der Waals surface area (Å²) in [6, 6.07) is 0. The van der Waals surface area contributed by atoms with Gasteiger partial charge in [-0.2, -0.15) is 0 Å². The van der Waals surface area contributed by atoms with Gasteiger partial charge in [-0.1, -0.05) is 12.2 Å². The van der Waals surface area contributed by atoms with Crippen LogP contribution in [0.5, 0.6) is 0 Å². The van der Waals surface area contributed by atoms with E-state index < -0.39 is 11.7 Å². The average Bonchev–Trinajstić information content (AvgIpc) is 2.03. The van der Waals surface area contributed by atoms with Crippen LogP contribution in [0.2, 0.25) is 0 Å². The summed E-state index contributed by atoms with van der Waals surface area (Å²) >= 11 is 0. The van der Waals surface area contributed by atoms with Crippen molar-refractivity contribution in [3.05, 3.63) is 12.2 Å². The Labute approximate surface area is 86.1 Å². The van der Waals surface area contributed by atoms with E-state index in [4.69, 9.17) is 5.11 Å². The molecule has 0 aliphatic carbocycles. The van der Waals surface area contributed by atoms with Crippen LogP contribution in [0.25, 0.3) is 0 Å². The third-order valence-corrected chi connectivity index (χ3v) is 2.23. The summed E-state index contributed by atoms with van der Waals surface area (Å²) in [4.78, 5) is 0. The molecule has 0 saturated carbocycles. The first-order chi connectivity index (χ1) is 6.52. The van der Waals surface area contributed by atoms with Gasteiger partial charge in [0.2, 0.25) is 0 Å². The molecule has 0 aliphatic heterocycles. The highest BCUT2D eigenvalue weighted by molar-refractivity contribution is 4.81. The van der Waals surface area contributed by atoms with Gasteiger partial charge in [-0.05, 0) is 33.1 Å². The predicted octanol–water partition coefficient (Wildman–Crippen LogP) is 1.23. The van der Waals surface area contributed by atoms with Crippen LogP contribution in [-0.4, -0.2) is 33.6 Å². The Morgan fingerprint density at radius 1 is 1.43 bits per heavy atom. The van der Waals surface area contributed by atoms with Gasteiger partial charge in [0.05, 0.1) is 11.7 Å². The summed E-state index contributed by atoms with van der Waals surface area (Å²) < 4.78 is 0. The lowest BCUT2D eigenvalue weighted by atomic mass is 9.93. The molecule has 0 heterocycles. The molecule has 0 bridgehead atoms. The van der Waals surface area contributed by atoms with Crippen molar-refractivity contribution in [2.24, 2.45) is 0 Å². The molecule has 3 heteroatoms. The fourth-order valence-corrected chi connectivity index (χ4v) is 1.41. The molecule has 0 saturated heterocycles. The monoisotopic (exact) mass is 202 g/mol. The van der Waals surface area contributed by atoms with E-state index in [-0.39, 0.29) is 6.61 Å². The standard InChI is InChI=1S/C11H22O3/c1-3-4-5-6-10(13)9-11(2,14)7-8-12/h3-4,10,12-14H,5-9H2,1-2H3/b4-3+/t10-,11+/m1/s1. The Hall–Kier alpha value is -0.380. The summed E-state index contributed by atoms with van der Waals surface area (Å²) in [5.74, 6) is 0. The number of aliphatic hydroxyl groups excluding tert-OH is 2. The minimum atomic E-state index is -0.954. The highest BCUT2D eigenvalue weighted by atomic mass is 16.3. The van der Waals surface area contributed by atoms with Gasteiger partial charge in [0, 0.05) is 13.0 Å². The van der Waals surface area contributed by atoms with Crippen LogP contribution in [0.3, 0.4) is 0 Å². The zero-order chi connectivity index (χ0) is 11.0. The molecule has 0 aromatic carbocycles. The molecule has 0 aromatic heterocycles. The Bertz CT molecular complexity index is 164. The van der Waals surface area contributed by atoms with Crippen molar-refractivity contribution in [3.63, 3.8) is 0 Å². The van der Waals surface area contributed by atoms with Crippen molar-refractivity contribution in [2.75, 3.05) is 6.61 Å². The SMILES string of the molecule is C/C=C/CC[C@@H](O)C[C@@](C)(O)CCO. The summed E-state index contributed by atoms with van der Waals surface area (Å²) in [7, 11) is 0. The van der Waals surface area contributed by atoms with Crippen molar-refractivity contribution in [3.8, 4) is 0 Å². The van der Waals surface area contributed by atoms with Gasteiger partial charge in [0.25, 0.3) is 0 Å². The normalized spacial score (nSPS) is 18.4. The predicted molar refractivity (Wildman–Crippen MR) is 57.0 cm³/mol. The number of hydrogen-bond donors (Lipinski definition) is 3. The first kappa shape index (κ1) is 13.6. The molecule has 0 fully saturated rings. The van der Waals surface area contributed by atoms with Gasteiger partial charge >= 0.3 is 0 Å². The van der Waals surface area contributed by atoms with Crippen LogP contribution in [0.4, 0.5) is 0 Å². The Kier molecular flexibility index (Phi) is 6.79. The molecular formula is C11H22O3. The molecule has 3 N–H and O–H groups in total. The topological polar surface area (TPSA) is 60.7 Å². The van der Waals surface area contributed by atoms with Crippen LogP contribution in [0.1, 0.15) is 39.5 Å². The highest BCUT2D eigenvalue weighted by Gasteiger charge is 2.23. The maximum Gasteiger partial charge on any atom is 0.0666 e. The second-order valence-corrected chi connectivity index (χ2v) is 3.97. The van der Waals surface area contributed by atoms with E-state index in [0.717, 1.165) is 6.42 Å². The number of rotatable bonds is 7. The van der Waals surface area contributed by atoms with E-state index >= 15 is 0 Å². The third-order valence-electron chi connectivity index (χ3n) is 2.23. The van der Waals surface area contributed by atoms with Gasteiger partial charge in [-0.15, -0.1) is 0 Å². The van der Waals surface area contributed by atoms with E-state index in [1.54, 1.807) is 6.92 Å². The van der Waals surface area contributed by atoms with Gasteiger partial charge in [0.15, 0.2) is 0 Å². The molecule has 0 unspecified atom stereocenters.